The fourth-order valence-electron chi connectivity index (χ4n) is 3.15. The largest absolute Gasteiger partial charge is 0.277 e. The van der Waals surface area contributed by atoms with Crippen LogP contribution in [-0.2, 0) is 0 Å². The molecule has 3 aromatic carbocycles. The number of rotatable bonds is 5. The summed E-state index contributed by atoms with van der Waals surface area (Å²) >= 11 is 6.11. The number of halogens is 1. The Morgan fingerprint density at radius 2 is 1.52 bits per heavy atom. The summed E-state index contributed by atoms with van der Waals surface area (Å²) < 4.78 is 0. The van der Waals surface area contributed by atoms with Gasteiger partial charge in [-0.15, -0.1) is 0 Å². The first-order chi connectivity index (χ1) is 15.1. The van der Waals surface area contributed by atoms with Crippen molar-refractivity contribution in [2.45, 2.75) is 0 Å². The Labute approximate surface area is 183 Å². The fraction of sp³-hybridized carbons (Fsp3) is 0. The molecule has 0 saturated heterocycles. The Kier molecular flexibility index (Phi) is 6.01. The molecule has 6 nitrogen and oxygen atoms in total. The van der Waals surface area contributed by atoms with Crippen molar-refractivity contribution in [2.24, 2.45) is 5.10 Å². The summed E-state index contributed by atoms with van der Waals surface area (Å²) in [6, 6.07) is 25.6. The van der Waals surface area contributed by atoms with Crippen LogP contribution in [0.3, 0.4) is 0 Å². The maximum atomic E-state index is 13.0. The van der Waals surface area contributed by atoms with Gasteiger partial charge in [0.25, 0.3) is 11.5 Å². The van der Waals surface area contributed by atoms with Crippen molar-refractivity contribution < 1.29 is 4.79 Å². The van der Waals surface area contributed by atoms with Crippen molar-refractivity contribution in [3.05, 3.63) is 111 Å². The van der Waals surface area contributed by atoms with E-state index in [-0.39, 0.29) is 5.56 Å². The van der Waals surface area contributed by atoms with Gasteiger partial charge in [0.2, 0.25) is 0 Å². The van der Waals surface area contributed by atoms with E-state index in [0.29, 0.717) is 27.4 Å². The minimum absolute atomic E-state index is 0.0728. The lowest BCUT2D eigenvalue weighted by Crippen LogP contribution is -2.28. The number of hydrazone groups is 1. The number of aromatic amines is 1. The van der Waals surface area contributed by atoms with Crippen LogP contribution in [0.15, 0.2) is 94.8 Å². The van der Waals surface area contributed by atoms with E-state index in [9.17, 15) is 9.59 Å². The van der Waals surface area contributed by atoms with Crippen molar-refractivity contribution in [3.8, 4) is 22.4 Å². The second-order valence-corrected chi connectivity index (χ2v) is 7.01. The highest BCUT2D eigenvalue weighted by atomic mass is 35.5. The van der Waals surface area contributed by atoms with Gasteiger partial charge in [0.15, 0.2) is 0 Å². The van der Waals surface area contributed by atoms with Crippen LogP contribution in [0.4, 0.5) is 0 Å². The highest BCUT2D eigenvalue weighted by Crippen LogP contribution is 2.31. The van der Waals surface area contributed by atoms with E-state index in [2.05, 4.69) is 20.7 Å². The zero-order valence-electron chi connectivity index (χ0n) is 16.2. The van der Waals surface area contributed by atoms with Gasteiger partial charge in [0, 0.05) is 21.7 Å². The Morgan fingerprint density at radius 1 is 0.903 bits per heavy atom. The van der Waals surface area contributed by atoms with E-state index >= 15 is 0 Å². The van der Waals surface area contributed by atoms with Crippen LogP contribution in [0.2, 0.25) is 5.02 Å². The van der Waals surface area contributed by atoms with Gasteiger partial charge in [-0.2, -0.15) is 10.2 Å². The van der Waals surface area contributed by atoms with E-state index in [0.717, 1.165) is 5.56 Å². The molecule has 2 N–H and O–H groups in total. The maximum absolute atomic E-state index is 13.0. The Bertz CT molecular complexity index is 1300. The molecule has 4 rings (SSSR count). The van der Waals surface area contributed by atoms with Crippen molar-refractivity contribution in [3.63, 3.8) is 0 Å². The summed E-state index contributed by atoms with van der Waals surface area (Å²) in [4.78, 5) is 25.7. The van der Waals surface area contributed by atoms with E-state index in [1.807, 2.05) is 66.7 Å². The van der Waals surface area contributed by atoms with E-state index in [4.69, 9.17) is 11.6 Å². The smallest absolute Gasteiger partial charge is 0.267 e. The van der Waals surface area contributed by atoms with Crippen molar-refractivity contribution in [2.75, 3.05) is 0 Å². The van der Waals surface area contributed by atoms with Crippen LogP contribution in [0, 0.1) is 0 Å². The third-order valence-electron chi connectivity index (χ3n) is 4.59. The first-order valence-electron chi connectivity index (χ1n) is 9.46. The summed E-state index contributed by atoms with van der Waals surface area (Å²) in [5.74, 6) is -0.650. The normalized spacial score (nSPS) is 10.9. The summed E-state index contributed by atoms with van der Waals surface area (Å²) in [6.45, 7) is 0. The van der Waals surface area contributed by atoms with E-state index in [1.165, 1.54) is 6.21 Å². The Hall–Kier alpha value is -4.03. The predicted octanol–water partition coefficient (Wildman–Crippen LogP) is 4.52. The monoisotopic (exact) mass is 428 g/mol. The van der Waals surface area contributed by atoms with Gasteiger partial charge in [-0.1, -0.05) is 90.5 Å². The molecule has 152 valence electrons. The third-order valence-corrected chi connectivity index (χ3v) is 4.94. The van der Waals surface area contributed by atoms with Gasteiger partial charge < -0.3 is 0 Å². The molecule has 0 aliphatic heterocycles. The molecule has 0 bridgehead atoms. The SMILES string of the molecule is O=C(N/N=C/c1ccccc1Cl)c1c(-c2ccccc2)c(-c2ccccc2)n[nH]c1=O. The number of nitrogens with zero attached hydrogens (tertiary/aromatic N) is 2. The zero-order chi connectivity index (χ0) is 21.6. The first kappa shape index (κ1) is 20.3. The lowest BCUT2D eigenvalue weighted by molar-refractivity contribution is 0.0954. The summed E-state index contributed by atoms with van der Waals surface area (Å²) in [5, 5.41) is 11.1. The number of H-pyrrole nitrogens is 1. The number of nitrogens with one attached hydrogen (secondary N) is 2. The quantitative estimate of drug-likeness (QED) is 0.362. The standard InChI is InChI=1S/C24H17ClN4O2/c25-19-14-8-7-13-18(19)15-26-28-23(30)21-20(16-9-3-1-4-10-16)22(27-29-24(21)31)17-11-5-2-6-12-17/h1-15H,(H,28,30)(H,29,31)/b26-15+. The Morgan fingerprint density at radius 3 is 2.19 bits per heavy atom. The first-order valence-corrected chi connectivity index (χ1v) is 9.84. The topological polar surface area (TPSA) is 87.2 Å². The molecule has 4 aromatic rings. The second kappa shape index (κ2) is 9.19. The second-order valence-electron chi connectivity index (χ2n) is 6.60. The van der Waals surface area contributed by atoms with Gasteiger partial charge in [0.1, 0.15) is 5.56 Å². The number of benzene rings is 3. The molecular formula is C24H17ClN4O2. The van der Waals surface area contributed by atoms with Gasteiger partial charge in [-0.3, -0.25) is 9.59 Å². The van der Waals surface area contributed by atoms with Crippen LogP contribution < -0.4 is 11.0 Å². The highest BCUT2D eigenvalue weighted by Gasteiger charge is 2.22. The van der Waals surface area contributed by atoms with E-state index < -0.39 is 11.5 Å². The molecule has 0 aliphatic rings. The molecule has 0 atom stereocenters. The number of carbonyl (C=O) groups excluding carboxylic acids is 1. The average molecular weight is 429 g/mol. The molecule has 1 amide bonds. The molecule has 1 aromatic heterocycles. The molecule has 0 aliphatic carbocycles. The predicted molar refractivity (Wildman–Crippen MR) is 122 cm³/mol. The minimum atomic E-state index is -0.650. The van der Waals surface area contributed by atoms with Crippen LogP contribution >= 0.6 is 11.6 Å². The molecule has 31 heavy (non-hydrogen) atoms. The molecule has 1 heterocycles. The van der Waals surface area contributed by atoms with Crippen LogP contribution in [-0.4, -0.2) is 22.3 Å². The molecule has 0 unspecified atom stereocenters. The van der Waals surface area contributed by atoms with Gasteiger partial charge in [-0.05, 0) is 11.6 Å². The number of carbonyl (C=O) groups is 1. The lowest BCUT2D eigenvalue weighted by atomic mass is 9.95. The maximum Gasteiger partial charge on any atom is 0.277 e. The summed E-state index contributed by atoms with van der Waals surface area (Å²) in [6.07, 6.45) is 1.43. The van der Waals surface area contributed by atoms with Crippen LogP contribution in [0.1, 0.15) is 15.9 Å². The van der Waals surface area contributed by atoms with Gasteiger partial charge in [-0.25, -0.2) is 10.5 Å². The molecule has 0 fully saturated rings. The highest BCUT2D eigenvalue weighted by molar-refractivity contribution is 6.33. The van der Waals surface area contributed by atoms with Crippen LogP contribution in [0.5, 0.6) is 0 Å². The number of hydrogen-bond acceptors (Lipinski definition) is 4. The fourth-order valence-corrected chi connectivity index (χ4v) is 3.34. The van der Waals surface area contributed by atoms with Crippen molar-refractivity contribution in [1.82, 2.24) is 15.6 Å². The third kappa shape index (κ3) is 4.44. The number of hydrogen-bond donors (Lipinski definition) is 2. The van der Waals surface area contributed by atoms with Crippen molar-refractivity contribution >= 4 is 23.7 Å². The van der Waals surface area contributed by atoms with Crippen molar-refractivity contribution in [1.29, 1.82) is 0 Å². The molecule has 7 heteroatoms. The molecule has 0 radical (unpaired) electrons. The van der Waals surface area contributed by atoms with Crippen LogP contribution in [0.25, 0.3) is 22.4 Å². The molecule has 0 saturated carbocycles. The van der Waals surface area contributed by atoms with Gasteiger partial charge >= 0.3 is 0 Å². The molecule has 0 spiro atoms. The molecular weight excluding hydrogens is 412 g/mol. The summed E-state index contributed by atoms with van der Waals surface area (Å²) in [5.41, 5.74) is 4.78. The zero-order valence-corrected chi connectivity index (χ0v) is 17.0. The Balaban J connectivity index is 1.79. The average Bonchev–Trinajstić information content (AvgIpc) is 2.81. The summed E-state index contributed by atoms with van der Waals surface area (Å²) in [7, 11) is 0. The van der Waals surface area contributed by atoms with Gasteiger partial charge in [0.05, 0.1) is 11.9 Å². The minimum Gasteiger partial charge on any atom is -0.267 e. The lowest BCUT2D eigenvalue weighted by Gasteiger charge is -2.12. The number of amides is 1. The van der Waals surface area contributed by atoms with E-state index in [1.54, 1.807) is 18.2 Å². The number of aromatic nitrogens is 2.